The van der Waals surface area contributed by atoms with Gasteiger partial charge in [0.2, 0.25) is 5.91 Å². The van der Waals surface area contributed by atoms with E-state index in [0.717, 1.165) is 19.3 Å². The SMILES string of the molecule is N#Cc1c(CC(=O)NCCCCc2ccccc2)nn(-c2ccccc2)c1NC(=O)NS(=O)(=O)c1ccc(Cl)cc1. The Morgan fingerprint density at radius 2 is 1.59 bits per heavy atom. The molecule has 3 N–H and O–H groups in total. The zero-order chi connectivity index (χ0) is 29.2. The number of anilines is 1. The summed E-state index contributed by atoms with van der Waals surface area (Å²) in [4.78, 5) is 25.3. The summed E-state index contributed by atoms with van der Waals surface area (Å²) in [6.07, 6.45) is 2.38. The second-order valence-corrected chi connectivity index (χ2v) is 11.1. The number of carbonyl (C=O) groups is 2. The molecule has 0 radical (unpaired) electrons. The van der Waals surface area contributed by atoms with E-state index >= 15 is 0 Å². The minimum Gasteiger partial charge on any atom is -0.356 e. The molecular formula is C29H27ClN6O4S. The van der Waals surface area contributed by atoms with Crippen molar-refractivity contribution in [3.63, 3.8) is 0 Å². The van der Waals surface area contributed by atoms with E-state index in [2.05, 4.69) is 27.9 Å². The molecular weight excluding hydrogens is 564 g/mol. The van der Waals surface area contributed by atoms with Crippen LogP contribution in [0.3, 0.4) is 0 Å². The molecule has 0 bridgehead atoms. The number of nitrogens with zero attached hydrogens (tertiary/aromatic N) is 3. The molecule has 41 heavy (non-hydrogen) atoms. The molecule has 3 aromatic carbocycles. The predicted octanol–water partition coefficient (Wildman–Crippen LogP) is 4.59. The van der Waals surface area contributed by atoms with E-state index in [-0.39, 0.29) is 34.3 Å². The van der Waals surface area contributed by atoms with Crippen LogP contribution in [-0.4, -0.2) is 36.7 Å². The fourth-order valence-electron chi connectivity index (χ4n) is 4.04. The highest BCUT2D eigenvalue weighted by Crippen LogP contribution is 2.24. The maximum atomic E-state index is 12.8. The summed E-state index contributed by atoms with van der Waals surface area (Å²) < 4.78 is 28.6. The molecule has 0 saturated heterocycles. The quantitative estimate of drug-likeness (QED) is 0.218. The van der Waals surface area contributed by atoms with Crippen molar-refractivity contribution < 1.29 is 18.0 Å². The Morgan fingerprint density at radius 1 is 0.927 bits per heavy atom. The smallest absolute Gasteiger partial charge is 0.334 e. The second kappa shape index (κ2) is 13.6. The molecule has 12 heteroatoms. The van der Waals surface area contributed by atoms with Gasteiger partial charge in [0.15, 0.2) is 5.82 Å². The van der Waals surface area contributed by atoms with E-state index in [0.29, 0.717) is 17.3 Å². The topological polar surface area (TPSA) is 146 Å². The van der Waals surface area contributed by atoms with Crippen molar-refractivity contribution in [2.45, 2.75) is 30.6 Å². The van der Waals surface area contributed by atoms with E-state index in [9.17, 15) is 23.3 Å². The third-order valence-electron chi connectivity index (χ3n) is 6.04. The molecule has 3 amide bonds. The van der Waals surface area contributed by atoms with E-state index in [1.807, 2.05) is 29.0 Å². The first-order chi connectivity index (χ1) is 19.8. The van der Waals surface area contributed by atoms with Crippen molar-refractivity contribution in [2.24, 2.45) is 0 Å². The monoisotopic (exact) mass is 590 g/mol. The lowest BCUT2D eigenvalue weighted by Crippen LogP contribution is -2.35. The molecule has 0 saturated carbocycles. The molecule has 0 aliphatic heterocycles. The molecule has 1 aromatic heterocycles. The number of unbranched alkanes of at least 4 members (excludes halogenated alkanes) is 1. The van der Waals surface area contributed by atoms with Crippen LogP contribution in [0.25, 0.3) is 5.69 Å². The number of para-hydroxylation sites is 1. The molecule has 0 aliphatic rings. The number of benzene rings is 3. The van der Waals surface area contributed by atoms with Gasteiger partial charge in [0.25, 0.3) is 10.0 Å². The summed E-state index contributed by atoms with van der Waals surface area (Å²) in [6.45, 7) is 0.461. The maximum Gasteiger partial charge on any atom is 0.334 e. The first-order valence-electron chi connectivity index (χ1n) is 12.7. The average molecular weight is 591 g/mol. The predicted molar refractivity (Wildman–Crippen MR) is 155 cm³/mol. The molecule has 10 nitrogen and oxygen atoms in total. The standard InChI is InChI=1S/C29H27ClN6O4S/c30-22-14-16-24(17-15-22)41(39,40)35-29(38)33-28-25(20-31)26(34-36(28)23-12-5-2-6-13-23)19-27(37)32-18-8-7-11-21-9-3-1-4-10-21/h1-6,9-10,12-17H,7-8,11,18-19H2,(H,32,37)(H2,33,35,38). The van der Waals surface area contributed by atoms with Crippen molar-refractivity contribution in [3.8, 4) is 11.8 Å². The van der Waals surface area contributed by atoms with Crippen molar-refractivity contribution in [1.29, 1.82) is 5.26 Å². The van der Waals surface area contributed by atoms with Crippen LogP contribution in [-0.2, 0) is 27.7 Å². The first-order valence-corrected chi connectivity index (χ1v) is 14.6. The van der Waals surface area contributed by atoms with Crippen molar-refractivity contribution in [1.82, 2.24) is 19.8 Å². The van der Waals surface area contributed by atoms with Gasteiger partial charge >= 0.3 is 6.03 Å². The number of nitrogens with one attached hydrogen (secondary N) is 3. The first kappa shape index (κ1) is 29.3. The number of aromatic nitrogens is 2. The highest BCUT2D eigenvalue weighted by molar-refractivity contribution is 7.90. The maximum absolute atomic E-state index is 12.8. The van der Waals surface area contributed by atoms with Crippen LogP contribution >= 0.6 is 11.6 Å². The number of rotatable bonds is 11. The second-order valence-electron chi connectivity index (χ2n) is 9.01. The molecule has 4 rings (SSSR count). The van der Waals surface area contributed by atoms with Gasteiger partial charge in [-0.3, -0.25) is 10.1 Å². The zero-order valence-electron chi connectivity index (χ0n) is 21.9. The molecule has 0 fully saturated rings. The van der Waals surface area contributed by atoms with Crippen LogP contribution in [0.15, 0.2) is 89.8 Å². The number of urea groups is 1. The normalized spacial score (nSPS) is 10.9. The van der Waals surface area contributed by atoms with Gasteiger partial charge < -0.3 is 5.32 Å². The summed E-state index contributed by atoms with van der Waals surface area (Å²) in [5.74, 6) is -0.409. The van der Waals surface area contributed by atoms with Gasteiger partial charge in [-0.15, -0.1) is 0 Å². The van der Waals surface area contributed by atoms with Crippen molar-refractivity contribution >= 4 is 39.4 Å². The highest BCUT2D eigenvalue weighted by atomic mass is 35.5. The molecule has 1 heterocycles. The number of halogens is 1. The van der Waals surface area contributed by atoms with E-state index in [1.54, 1.807) is 30.3 Å². The zero-order valence-corrected chi connectivity index (χ0v) is 23.5. The van der Waals surface area contributed by atoms with Crippen LogP contribution < -0.4 is 15.4 Å². The Hall–Kier alpha value is -4.66. The number of sulfonamides is 1. The molecule has 210 valence electrons. The largest absolute Gasteiger partial charge is 0.356 e. The Morgan fingerprint density at radius 3 is 2.24 bits per heavy atom. The van der Waals surface area contributed by atoms with Gasteiger partial charge in [0.05, 0.1) is 22.7 Å². The summed E-state index contributed by atoms with van der Waals surface area (Å²) >= 11 is 5.82. The van der Waals surface area contributed by atoms with Crippen molar-refractivity contribution in [2.75, 3.05) is 11.9 Å². The Bertz CT molecular complexity index is 1650. The molecule has 0 atom stereocenters. The third kappa shape index (κ3) is 7.94. The van der Waals surface area contributed by atoms with Gasteiger partial charge in [-0.2, -0.15) is 10.4 Å². The van der Waals surface area contributed by atoms with Crippen LogP contribution in [0.4, 0.5) is 10.6 Å². The Labute approximate surface area is 243 Å². The fraction of sp³-hybridized carbons (Fsp3) is 0.172. The Kier molecular flexibility index (Phi) is 9.73. The lowest BCUT2D eigenvalue weighted by Gasteiger charge is -2.11. The van der Waals surface area contributed by atoms with Crippen LogP contribution in [0.1, 0.15) is 29.7 Å². The van der Waals surface area contributed by atoms with Crippen LogP contribution in [0.2, 0.25) is 5.02 Å². The van der Waals surface area contributed by atoms with E-state index in [4.69, 9.17) is 11.6 Å². The van der Waals surface area contributed by atoms with Gasteiger partial charge in [-0.25, -0.2) is 22.6 Å². The summed E-state index contributed by atoms with van der Waals surface area (Å²) in [6, 6.07) is 24.9. The highest BCUT2D eigenvalue weighted by Gasteiger charge is 2.25. The summed E-state index contributed by atoms with van der Waals surface area (Å²) in [5, 5.41) is 20.0. The minimum atomic E-state index is -4.24. The molecule has 0 spiro atoms. The van der Waals surface area contributed by atoms with Crippen LogP contribution in [0.5, 0.6) is 0 Å². The lowest BCUT2D eigenvalue weighted by atomic mass is 10.1. The number of nitriles is 1. The lowest BCUT2D eigenvalue weighted by molar-refractivity contribution is -0.120. The Balaban J connectivity index is 1.47. The van der Waals surface area contributed by atoms with Crippen LogP contribution in [0, 0.1) is 11.3 Å². The summed E-state index contributed by atoms with van der Waals surface area (Å²) in [5.41, 5.74) is 1.79. The van der Waals surface area contributed by atoms with E-state index < -0.39 is 16.1 Å². The van der Waals surface area contributed by atoms with Gasteiger partial charge in [0.1, 0.15) is 11.6 Å². The van der Waals surface area contributed by atoms with Gasteiger partial charge in [-0.1, -0.05) is 60.1 Å². The number of aryl methyl sites for hydroxylation is 1. The molecule has 0 aliphatic carbocycles. The average Bonchev–Trinajstić information content (AvgIpc) is 3.29. The minimum absolute atomic E-state index is 0.0629. The van der Waals surface area contributed by atoms with Crippen molar-refractivity contribution in [3.05, 3.63) is 107 Å². The molecule has 4 aromatic rings. The third-order valence-corrected chi connectivity index (χ3v) is 7.64. The summed E-state index contributed by atoms with van der Waals surface area (Å²) in [7, 11) is -4.24. The molecule has 0 unspecified atom stereocenters. The number of hydrogen-bond acceptors (Lipinski definition) is 6. The fourth-order valence-corrected chi connectivity index (χ4v) is 5.08. The number of carbonyl (C=O) groups excluding carboxylic acids is 2. The van der Waals surface area contributed by atoms with E-state index in [1.165, 1.54) is 34.5 Å². The number of hydrogen-bond donors (Lipinski definition) is 3. The van der Waals surface area contributed by atoms with Gasteiger partial charge in [-0.05, 0) is 61.2 Å². The number of amides is 3. The van der Waals surface area contributed by atoms with Gasteiger partial charge in [0, 0.05) is 11.6 Å².